The van der Waals surface area contributed by atoms with E-state index in [1.54, 1.807) is 12.1 Å². The second-order valence-electron chi connectivity index (χ2n) is 5.31. The van der Waals surface area contributed by atoms with E-state index in [0.29, 0.717) is 16.9 Å². The minimum Gasteiger partial charge on any atom is -0.478 e. The van der Waals surface area contributed by atoms with Crippen LogP contribution < -0.4 is 0 Å². The smallest absolute Gasteiger partial charge is 0.328 e. The fourth-order valence-corrected chi connectivity index (χ4v) is 3.60. The van der Waals surface area contributed by atoms with Crippen molar-refractivity contribution in [3.63, 3.8) is 0 Å². The second kappa shape index (κ2) is 7.09. The number of carboxylic acid groups (broad SMARTS) is 1. The van der Waals surface area contributed by atoms with Crippen molar-refractivity contribution in [2.45, 2.75) is 31.7 Å². The number of rotatable bonds is 4. The largest absolute Gasteiger partial charge is 0.478 e. The number of carboxylic acids is 1. The average Bonchev–Trinajstić information content (AvgIpc) is 2.44. The summed E-state index contributed by atoms with van der Waals surface area (Å²) >= 11 is 1.98. The fraction of sp³-hybridized carbons (Fsp3) is 0.438. The van der Waals surface area contributed by atoms with Gasteiger partial charge in [0.05, 0.1) is 0 Å². The molecule has 0 amide bonds. The summed E-state index contributed by atoms with van der Waals surface area (Å²) < 4.78 is 13.7. The summed E-state index contributed by atoms with van der Waals surface area (Å²) in [6.45, 7) is 6.23. The Hall–Kier alpha value is -1.33. The van der Waals surface area contributed by atoms with Gasteiger partial charge < -0.3 is 5.11 Å². The topological polar surface area (TPSA) is 40.5 Å². The SMILES string of the molecule is CC1SCCN(Cc2ccc(F)c(/C=C/C(=O)O)c2)C1C. The molecule has 2 atom stereocenters. The average molecular weight is 309 g/mol. The van der Waals surface area contributed by atoms with Crippen LogP contribution in [-0.4, -0.2) is 39.6 Å². The minimum absolute atomic E-state index is 0.321. The second-order valence-corrected chi connectivity index (χ2v) is 6.80. The normalized spacial score (nSPS) is 23.6. The number of carbonyl (C=O) groups is 1. The third kappa shape index (κ3) is 4.32. The maximum absolute atomic E-state index is 13.7. The number of halogens is 1. The Kier molecular flexibility index (Phi) is 5.42. The lowest BCUT2D eigenvalue weighted by molar-refractivity contribution is -0.131. The highest BCUT2D eigenvalue weighted by Gasteiger charge is 2.25. The molecule has 5 heteroatoms. The van der Waals surface area contributed by atoms with Gasteiger partial charge in [-0.3, -0.25) is 4.90 Å². The van der Waals surface area contributed by atoms with Crippen molar-refractivity contribution in [1.82, 2.24) is 4.90 Å². The van der Waals surface area contributed by atoms with Gasteiger partial charge in [0.2, 0.25) is 0 Å². The molecule has 114 valence electrons. The molecule has 21 heavy (non-hydrogen) atoms. The number of hydrogen-bond donors (Lipinski definition) is 1. The molecule has 1 aliphatic heterocycles. The first kappa shape index (κ1) is 16.0. The van der Waals surface area contributed by atoms with Crippen molar-refractivity contribution in [1.29, 1.82) is 0 Å². The van der Waals surface area contributed by atoms with E-state index in [1.807, 2.05) is 11.8 Å². The first-order chi connectivity index (χ1) is 9.97. The molecule has 1 saturated heterocycles. The van der Waals surface area contributed by atoms with E-state index >= 15 is 0 Å². The van der Waals surface area contributed by atoms with Crippen LogP contribution in [0.4, 0.5) is 4.39 Å². The van der Waals surface area contributed by atoms with E-state index in [1.165, 1.54) is 12.1 Å². The van der Waals surface area contributed by atoms with E-state index in [2.05, 4.69) is 18.7 Å². The Morgan fingerprint density at radius 1 is 1.52 bits per heavy atom. The van der Waals surface area contributed by atoms with Crippen LogP contribution in [0.15, 0.2) is 24.3 Å². The summed E-state index contributed by atoms with van der Waals surface area (Å²) in [6.07, 6.45) is 2.27. The summed E-state index contributed by atoms with van der Waals surface area (Å²) in [6, 6.07) is 5.39. The molecule has 3 nitrogen and oxygen atoms in total. The summed E-state index contributed by atoms with van der Waals surface area (Å²) in [5.74, 6) is -0.361. The zero-order valence-corrected chi connectivity index (χ0v) is 13.1. The monoisotopic (exact) mass is 309 g/mol. The van der Waals surface area contributed by atoms with Crippen LogP contribution >= 0.6 is 11.8 Å². The van der Waals surface area contributed by atoms with Crippen LogP contribution in [0, 0.1) is 5.82 Å². The lowest BCUT2D eigenvalue weighted by Crippen LogP contribution is -2.43. The van der Waals surface area contributed by atoms with E-state index in [0.717, 1.165) is 30.5 Å². The predicted molar refractivity (Wildman–Crippen MR) is 84.9 cm³/mol. The lowest BCUT2D eigenvalue weighted by Gasteiger charge is -2.37. The van der Waals surface area contributed by atoms with Crippen LogP contribution in [-0.2, 0) is 11.3 Å². The van der Waals surface area contributed by atoms with Gasteiger partial charge in [-0.15, -0.1) is 0 Å². The Morgan fingerprint density at radius 3 is 3.00 bits per heavy atom. The highest BCUT2D eigenvalue weighted by molar-refractivity contribution is 8.00. The zero-order valence-electron chi connectivity index (χ0n) is 12.3. The van der Waals surface area contributed by atoms with Crippen LogP contribution in [0.25, 0.3) is 6.08 Å². The van der Waals surface area contributed by atoms with Crippen LogP contribution in [0.5, 0.6) is 0 Å². The number of aliphatic carboxylic acids is 1. The van der Waals surface area contributed by atoms with Gasteiger partial charge in [-0.1, -0.05) is 13.0 Å². The van der Waals surface area contributed by atoms with Gasteiger partial charge >= 0.3 is 5.97 Å². The van der Waals surface area contributed by atoms with E-state index in [-0.39, 0.29) is 0 Å². The van der Waals surface area contributed by atoms with Crippen LogP contribution in [0.3, 0.4) is 0 Å². The van der Waals surface area contributed by atoms with Crippen molar-refractivity contribution in [3.05, 3.63) is 41.2 Å². The van der Waals surface area contributed by atoms with Crippen LogP contribution in [0.2, 0.25) is 0 Å². The maximum atomic E-state index is 13.7. The molecule has 1 fully saturated rings. The van der Waals surface area contributed by atoms with Crippen molar-refractivity contribution < 1.29 is 14.3 Å². The third-order valence-corrected chi connectivity index (χ3v) is 5.20. The molecule has 2 rings (SSSR count). The van der Waals surface area contributed by atoms with Gasteiger partial charge in [-0.05, 0) is 30.7 Å². The first-order valence-electron chi connectivity index (χ1n) is 7.02. The molecule has 1 aliphatic rings. The van der Waals surface area contributed by atoms with Crippen molar-refractivity contribution in [3.8, 4) is 0 Å². The minimum atomic E-state index is -1.07. The molecule has 1 aromatic rings. The van der Waals surface area contributed by atoms with Gasteiger partial charge in [0.15, 0.2) is 0 Å². The Labute approximate surface area is 128 Å². The van der Waals surface area contributed by atoms with Gasteiger partial charge in [0.25, 0.3) is 0 Å². The molecule has 0 aliphatic carbocycles. The molecule has 0 saturated carbocycles. The number of benzene rings is 1. The molecule has 0 bridgehead atoms. The quantitative estimate of drug-likeness (QED) is 0.867. The van der Waals surface area contributed by atoms with E-state index in [9.17, 15) is 9.18 Å². The number of nitrogens with zero attached hydrogens (tertiary/aromatic N) is 1. The van der Waals surface area contributed by atoms with Gasteiger partial charge in [-0.25, -0.2) is 9.18 Å². The van der Waals surface area contributed by atoms with E-state index in [4.69, 9.17) is 5.11 Å². The number of thioether (sulfide) groups is 1. The van der Waals surface area contributed by atoms with Gasteiger partial charge in [0, 0.05) is 41.8 Å². The first-order valence-corrected chi connectivity index (χ1v) is 8.07. The molecule has 2 unspecified atom stereocenters. The Bertz CT molecular complexity index is 547. The molecule has 1 N–H and O–H groups in total. The number of hydrogen-bond acceptors (Lipinski definition) is 3. The zero-order chi connectivity index (χ0) is 15.4. The predicted octanol–water partition coefficient (Wildman–Crippen LogP) is 3.25. The van der Waals surface area contributed by atoms with Crippen molar-refractivity contribution in [2.24, 2.45) is 0 Å². The molecular weight excluding hydrogens is 289 g/mol. The molecule has 0 radical (unpaired) electrons. The van der Waals surface area contributed by atoms with Gasteiger partial charge in [-0.2, -0.15) is 11.8 Å². The molecule has 1 aromatic carbocycles. The molecular formula is C16H20FNO2S. The summed E-state index contributed by atoms with van der Waals surface area (Å²) in [5.41, 5.74) is 1.33. The summed E-state index contributed by atoms with van der Waals surface area (Å²) in [7, 11) is 0. The highest BCUT2D eigenvalue weighted by atomic mass is 32.2. The Morgan fingerprint density at radius 2 is 2.29 bits per heavy atom. The summed E-state index contributed by atoms with van der Waals surface area (Å²) in [4.78, 5) is 12.9. The standard InChI is InChI=1S/C16H20FNO2S/c1-11-12(2)21-8-7-18(11)10-13-3-5-15(17)14(9-13)4-6-16(19)20/h3-6,9,11-12H,7-8,10H2,1-2H3,(H,19,20)/b6-4+. The summed E-state index contributed by atoms with van der Waals surface area (Å²) in [5, 5.41) is 9.23. The van der Waals surface area contributed by atoms with Crippen LogP contribution in [0.1, 0.15) is 25.0 Å². The van der Waals surface area contributed by atoms with Gasteiger partial charge in [0.1, 0.15) is 5.82 Å². The fourth-order valence-electron chi connectivity index (χ4n) is 2.43. The highest BCUT2D eigenvalue weighted by Crippen LogP contribution is 2.26. The van der Waals surface area contributed by atoms with Crippen molar-refractivity contribution >= 4 is 23.8 Å². The molecule has 0 aromatic heterocycles. The van der Waals surface area contributed by atoms with Crippen molar-refractivity contribution in [2.75, 3.05) is 12.3 Å². The molecule has 0 spiro atoms. The third-order valence-electron chi connectivity index (χ3n) is 3.87. The lowest BCUT2D eigenvalue weighted by atomic mass is 10.1. The maximum Gasteiger partial charge on any atom is 0.328 e. The molecule has 1 heterocycles. The Balaban J connectivity index is 2.13. The van der Waals surface area contributed by atoms with E-state index < -0.39 is 11.8 Å².